The number of anilines is 2. The Morgan fingerprint density at radius 3 is 2.35 bits per heavy atom. The fourth-order valence-electron chi connectivity index (χ4n) is 1.53. The lowest BCUT2D eigenvalue weighted by atomic mass is 10.3. The standard InChI is InChI=1S/C14H11BrCl2N2O/c15-12-7-11(5-6-13(12)17)18-8-14(20)19-10-3-1-9(16)2-4-10/h1-7,18H,8H2,(H,19,20). The van der Waals surface area contributed by atoms with Crippen LogP contribution in [0.4, 0.5) is 11.4 Å². The summed E-state index contributed by atoms with van der Waals surface area (Å²) < 4.78 is 0.780. The predicted molar refractivity (Wildman–Crippen MR) is 87.7 cm³/mol. The van der Waals surface area contributed by atoms with Crippen molar-refractivity contribution in [3.8, 4) is 0 Å². The minimum atomic E-state index is -0.140. The third-order valence-electron chi connectivity index (χ3n) is 2.50. The summed E-state index contributed by atoms with van der Waals surface area (Å²) in [5.74, 6) is -0.140. The SMILES string of the molecule is O=C(CNc1ccc(Cl)c(Br)c1)Nc1ccc(Cl)cc1. The maximum Gasteiger partial charge on any atom is 0.243 e. The zero-order chi connectivity index (χ0) is 14.5. The van der Waals surface area contributed by atoms with Crippen molar-refractivity contribution in [2.24, 2.45) is 0 Å². The average molecular weight is 374 g/mol. The summed E-state index contributed by atoms with van der Waals surface area (Å²) in [7, 11) is 0. The van der Waals surface area contributed by atoms with E-state index in [1.54, 1.807) is 30.3 Å². The first-order valence-corrected chi connectivity index (χ1v) is 7.34. The number of amides is 1. The van der Waals surface area contributed by atoms with Crippen LogP contribution in [0, 0.1) is 0 Å². The lowest BCUT2D eigenvalue weighted by molar-refractivity contribution is -0.114. The summed E-state index contributed by atoms with van der Waals surface area (Å²) in [5, 5.41) is 7.04. The van der Waals surface area contributed by atoms with Crippen LogP contribution in [0.2, 0.25) is 10.0 Å². The number of carbonyl (C=O) groups is 1. The molecular formula is C14H11BrCl2N2O. The minimum absolute atomic E-state index is 0.140. The molecular weight excluding hydrogens is 363 g/mol. The summed E-state index contributed by atoms with van der Waals surface area (Å²) in [6, 6.07) is 12.3. The van der Waals surface area contributed by atoms with Gasteiger partial charge in [-0.05, 0) is 58.4 Å². The highest BCUT2D eigenvalue weighted by molar-refractivity contribution is 9.10. The van der Waals surface area contributed by atoms with E-state index >= 15 is 0 Å². The van der Waals surface area contributed by atoms with Gasteiger partial charge in [0.15, 0.2) is 0 Å². The Bertz CT molecular complexity index is 617. The van der Waals surface area contributed by atoms with E-state index in [1.165, 1.54) is 0 Å². The molecule has 0 bridgehead atoms. The summed E-state index contributed by atoms with van der Waals surface area (Å²) in [6.07, 6.45) is 0. The number of hydrogen-bond donors (Lipinski definition) is 2. The summed E-state index contributed by atoms with van der Waals surface area (Å²) in [5.41, 5.74) is 1.52. The molecule has 3 nitrogen and oxygen atoms in total. The first-order chi connectivity index (χ1) is 9.54. The van der Waals surface area contributed by atoms with Gasteiger partial charge < -0.3 is 10.6 Å². The van der Waals surface area contributed by atoms with Crippen LogP contribution in [0.3, 0.4) is 0 Å². The predicted octanol–water partition coefficient (Wildman–Crippen LogP) is 4.81. The Morgan fingerprint density at radius 2 is 1.70 bits per heavy atom. The smallest absolute Gasteiger partial charge is 0.243 e. The molecule has 0 unspecified atom stereocenters. The van der Waals surface area contributed by atoms with E-state index < -0.39 is 0 Å². The molecule has 2 aromatic rings. The molecule has 0 aliphatic heterocycles. The van der Waals surface area contributed by atoms with Crippen LogP contribution in [0.25, 0.3) is 0 Å². The second kappa shape index (κ2) is 6.97. The average Bonchev–Trinajstić information content (AvgIpc) is 2.43. The molecule has 0 fully saturated rings. The third kappa shape index (κ3) is 4.40. The zero-order valence-corrected chi connectivity index (χ0v) is 13.4. The van der Waals surface area contributed by atoms with Gasteiger partial charge in [0.25, 0.3) is 0 Å². The Morgan fingerprint density at radius 1 is 1.05 bits per heavy atom. The fourth-order valence-corrected chi connectivity index (χ4v) is 2.15. The molecule has 2 N–H and O–H groups in total. The molecule has 1 amide bonds. The highest BCUT2D eigenvalue weighted by Crippen LogP contribution is 2.25. The molecule has 0 heterocycles. The van der Waals surface area contributed by atoms with E-state index in [0.717, 1.165) is 10.2 Å². The number of carbonyl (C=O) groups excluding carboxylic acids is 1. The van der Waals surface area contributed by atoms with E-state index in [-0.39, 0.29) is 12.5 Å². The Kier molecular flexibility index (Phi) is 5.29. The van der Waals surface area contributed by atoms with Crippen molar-refractivity contribution in [1.82, 2.24) is 0 Å². The zero-order valence-electron chi connectivity index (χ0n) is 10.3. The topological polar surface area (TPSA) is 41.1 Å². The molecule has 2 rings (SSSR count). The Hall–Kier alpha value is -1.23. The molecule has 0 saturated heterocycles. The lowest BCUT2D eigenvalue weighted by Gasteiger charge is -2.08. The van der Waals surface area contributed by atoms with Crippen LogP contribution in [0.15, 0.2) is 46.9 Å². The maximum atomic E-state index is 11.8. The summed E-state index contributed by atoms with van der Waals surface area (Å²) in [4.78, 5) is 11.8. The molecule has 104 valence electrons. The molecule has 0 aliphatic carbocycles. The van der Waals surface area contributed by atoms with Gasteiger partial charge in [-0.1, -0.05) is 23.2 Å². The highest BCUT2D eigenvalue weighted by atomic mass is 79.9. The van der Waals surface area contributed by atoms with Crippen molar-refractivity contribution in [3.05, 3.63) is 57.0 Å². The Labute approximate surface area is 135 Å². The van der Waals surface area contributed by atoms with Crippen LogP contribution >= 0.6 is 39.1 Å². The van der Waals surface area contributed by atoms with Gasteiger partial charge in [-0.25, -0.2) is 0 Å². The van der Waals surface area contributed by atoms with Gasteiger partial charge in [-0.2, -0.15) is 0 Å². The summed E-state index contributed by atoms with van der Waals surface area (Å²) in [6.45, 7) is 0.163. The molecule has 2 aromatic carbocycles. The lowest BCUT2D eigenvalue weighted by Crippen LogP contribution is -2.21. The van der Waals surface area contributed by atoms with E-state index in [4.69, 9.17) is 23.2 Å². The Balaban J connectivity index is 1.88. The van der Waals surface area contributed by atoms with E-state index in [9.17, 15) is 4.79 Å². The minimum Gasteiger partial charge on any atom is -0.376 e. The molecule has 0 aliphatic rings. The van der Waals surface area contributed by atoms with Crippen molar-refractivity contribution in [1.29, 1.82) is 0 Å². The first-order valence-electron chi connectivity index (χ1n) is 5.79. The largest absolute Gasteiger partial charge is 0.376 e. The van der Waals surface area contributed by atoms with Crippen LogP contribution in [-0.4, -0.2) is 12.5 Å². The van der Waals surface area contributed by atoms with Gasteiger partial charge in [-0.3, -0.25) is 4.79 Å². The van der Waals surface area contributed by atoms with Crippen molar-refractivity contribution >= 4 is 56.4 Å². The van der Waals surface area contributed by atoms with Crippen LogP contribution in [-0.2, 0) is 4.79 Å². The number of benzene rings is 2. The third-order valence-corrected chi connectivity index (χ3v) is 3.97. The maximum absolute atomic E-state index is 11.8. The second-order valence-electron chi connectivity index (χ2n) is 4.04. The highest BCUT2D eigenvalue weighted by Gasteiger charge is 2.03. The van der Waals surface area contributed by atoms with Crippen LogP contribution in [0.5, 0.6) is 0 Å². The quantitative estimate of drug-likeness (QED) is 0.807. The van der Waals surface area contributed by atoms with Crippen molar-refractivity contribution in [2.75, 3.05) is 17.2 Å². The van der Waals surface area contributed by atoms with E-state index in [1.807, 2.05) is 12.1 Å². The van der Waals surface area contributed by atoms with Crippen molar-refractivity contribution in [3.63, 3.8) is 0 Å². The van der Waals surface area contributed by atoms with Crippen LogP contribution < -0.4 is 10.6 Å². The van der Waals surface area contributed by atoms with Crippen molar-refractivity contribution < 1.29 is 4.79 Å². The molecule has 0 aromatic heterocycles. The van der Waals surface area contributed by atoms with Crippen molar-refractivity contribution in [2.45, 2.75) is 0 Å². The normalized spacial score (nSPS) is 10.2. The van der Waals surface area contributed by atoms with Gasteiger partial charge in [0, 0.05) is 20.9 Å². The molecule has 0 radical (unpaired) electrons. The van der Waals surface area contributed by atoms with Crippen LogP contribution in [0.1, 0.15) is 0 Å². The number of nitrogens with one attached hydrogen (secondary N) is 2. The van der Waals surface area contributed by atoms with Gasteiger partial charge in [0.05, 0.1) is 11.6 Å². The fraction of sp³-hybridized carbons (Fsp3) is 0.0714. The van der Waals surface area contributed by atoms with Gasteiger partial charge >= 0.3 is 0 Å². The number of hydrogen-bond acceptors (Lipinski definition) is 2. The molecule has 6 heteroatoms. The van der Waals surface area contributed by atoms with Gasteiger partial charge in [0.2, 0.25) is 5.91 Å². The first kappa shape index (κ1) is 15.2. The van der Waals surface area contributed by atoms with Gasteiger partial charge in [-0.15, -0.1) is 0 Å². The molecule has 0 spiro atoms. The second-order valence-corrected chi connectivity index (χ2v) is 5.74. The van der Waals surface area contributed by atoms with E-state index in [2.05, 4.69) is 26.6 Å². The molecule has 0 saturated carbocycles. The summed E-state index contributed by atoms with van der Waals surface area (Å²) >= 11 is 15.0. The van der Waals surface area contributed by atoms with E-state index in [0.29, 0.717) is 15.7 Å². The molecule has 20 heavy (non-hydrogen) atoms. The van der Waals surface area contributed by atoms with Gasteiger partial charge in [0.1, 0.15) is 0 Å². The monoisotopic (exact) mass is 372 g/mol. The molecule has 0 atom stereocenters. The number of halogens is 3. The number of rotatable bonds is 4.